The SMILES string of the molecule is COc1cc(NS(=O)(=O)c2cc(Cl)cc(Cl)c2O)cc(OC)c1. The van der Waals surface area contributed by atoms with E-state index in [1.54, 1.807) is 6.07 Å². The Hall–Kier alpha value is -1.83. The molecule has 0 atom stereocenters. The van der Waals surface area contributed by atoms with E-state index in [-0.39, 0.29) is 15.7 Å². The van der Waals surface area contributed by atoms with Gasteiger partial charge in [0.2, 0.25) is 0 Å². The average Bonchev–Trinajstić information content (AvgIpc) is 2.49. The number of anilines is 1. The molecule has 0 aliphatic rings. The van der Waals surface area contributed by atoms with Crippen molar-refractivity contribution in [2.24, 2.45) is 0 Å². The highest BCUT2D eigenvalue weighted by Crippen LogP contribution is 2.35. The van der Waals surface area contributed by atoms with Crippen LogP contribution in [0.15, 0.2) is 35.2 Å². The number of hydrogen-bond acceptors (Lipinski definition) is 5. The van der Waals surface area contributed by atoms with Crippen LogP contribution in [-0.2, 0) is 10.0 Å². The molecule has 0 aromatic heterocycles. The summed E-state index contributed by atoms with van der Waals surface area (Å²) in [4.78, 5) is -0.434. The van der Waals surface area contributed by atoms with Crippen LogP contribution in [0.4, 0.5) is 5.69 Å². The van der Waals surface area contributed by atoms with Crippen LogP contribution in [0.5, 0.6) is 17.2 Å². The molecule has 124 valence electrons. The first kappa shape index (κ1) is 17.5. The number of ether oxygens (including phenoxy) is 2. The van der Waals surface area contributed by atoms with Crippen molar-refractivity contribution in [2.75, 3.05) is 18.9 Å². The fourth-order valence-corrected chi connectivity index (χ4v) is 3.62. The van der Waals surface area contributed by atoms with E-state index in [1.165, 1.54) is 32.4 Å². The topological polar surface area (TPSA) is 84.9 Å². The average molecular weight is 378 g/mol. The predicted molar refractivity (Wildman–Crippen MR) is 88.5 cm³/mol. The lowest BCUT2D eigenvalue weighted by atomic mass is 10.3. The van der Waals surface area contributed by atoms with Crippen molar-refractivity contribution in [3.8, 4) is 17.2 Å². The maximum absolute atomic E-state index is 12.5. The molecule has 9 heteroatoms. The number of sulfonamides is 1. The quantitative estimate of drug-likeness (QED) is 0.832. The minimum absolute atomic E-state index is 0.0800. The molecule has 23 heavy (non-hydrogen) atoms. The second kappa shape index (κ2) is 6.74. The van der Waals surface area contributed by atoms with E-state index in [9.17, 15) is 13.5 Å². The normalized spacial score (nSPS) is 11.1. The van der Waals surface area contributed by atoms with Crippen LogP contribution in [0.1, 0.15) is 0 Å². The monoisotopic (exact) mass is 377 g/mol. The Bertz CT molecular complexity index is 817. The molecule has 0 fully saturated rings. The molecule has 0 spiro atoms. The summed E-state index contributed by atoms with van der Waals surface area (Å²) in [5, 5.41) is 9.79. The van der Waals surface area contributed by atoms with E-state index < -0.39 is 20.7 Å². The molecule has 2 N–H and O–H groups in total. The Morgan fingerprint density at radius 1 is 1.00 bits per heavy atom. The van der Waals surface area contributed by atoms with Gasteiger partial charge in [-0.1, -0.05) is 23.2 Å². The summed E-state index contributed by atoms with van der Waals surface area (Å²) >= 11 is 11.6. The summed E-state index contributed by atoms with van der Waals surface area (Å²) in [6.45, 7) is 0. The third-order valence-corrected chi connectivity index (χ3v) is 4.79. The van der Waals surface area contributed by atoms with E-state index in [2.05, 4.69) is 4.72 Å². The third kappa shape index (κ3) is 3.93. The van der Waals surface area contributed by atoms with E-state index in [4.69, 9.17) is 32.7 Å². The van der Waals surface area contributed by atoms with Crippen LogP contribution in [0.2, 0.25) is 10.0 Å². The first-order chi connectivity index (χ1) is 10.8. The van der Waals surface area contributed by atoms with Crippen molar-refractivity contribution in [3.05, 3.63) is 40.4 Å². The number of methoxy groups -OCH3 is 2. The first-order valence-corrected chi connectivity index (χ1v) is 8.44. The zero-order chi connectivity index (χ0) is 17.2. The van der Waals surface area contributed by atoms with Gasteiger partial charge in [0, 0.05) is 23.2 Å². The van der Waals surface area contributed by atoms with E-state index in [0.29, 0.717) is 11.5 Å². The third-order valence-electron chi connectivity index (χ3n) is 2.89. The molecule has 0 aliphatic heterocycles. The van der Waals surface area contributed by atoms with Gasteiger partial charge >= 0.3 is 0 Å². The van der Waals surface area contributed by atoms with E-state index >= 15 is 0 Å². The summed E-state index contributed by atoms with van der Waals surface area (Å²) in [6.07, 6.45) is 0. The van der Waals surface area contributed by atoms with Gasteiger partial charge in [0.25, 0.3) is 10.0 Å². The molecule has 2 aromatic carbocycles. The Morgan fingerprint density at radius 3 is 2.09 bits per heavy atom. The van der Waals surface area contributed by atoms with Gasteiger partial charge in [-0.15, -0.1) is 0 Å². The summed E-state index contributed by atoms with van der Waals surface area (Å²) in [5.74, 6) is 0.212. The number of benzene rings is 2. The van der Waals surface area contributed by atoms with Crippen molar-refractivity contribution < 1.29 is 23.0 Å². The number of phenols is 1. The Morgan fingerprint density at radius 2 is 1.57 bits per heavy atom. The van der Waals surface area contributed by atoms with Crippen molar-refractivity contribution in [1.29, 1.82) is 0 Å². The van der Waals surface area contributed by atoms with Crippen LogP contribution < -0.4 is 14.2 Å². The Kier molecular flexibility index (Phi) is 5.13. The maximum atomic E-state index is 12.5. The minimum atomic E-state index is -4.12. The fourth-order valence-electron chi connectivity index (χ4n) is 1.82. The number of aromatic hydroxyl groups is 1. The van der Waals surface area contributed by atoms with Crippen molar-refractivity contribution in [2.45, 2.75) is 4.90 Å². The van der Waals surface area contributed by atoms with E-state index in [1.807, 2.05) is 0 Å². The second-order valence-corrected chi connectivity index (χ2v) is 6.94. The molecule has 2 rings (SSSR count). The zero-order valence-electron chi connectivity index (χ0n) is 12.1. The first-order valence-electron chi connectivity index (χ1n) is 6.20. The molecule has 0 saturated carbocycles. The van der Waals surface area contributed by atoms with Gasteiger partial charge in [0.1, 0.15) is 16.4 Å². The summed E-state index contributed by atoms with van der Waals surface area (Å²) in [7, 11) is -1.24. The van der Waals surface area contributed by atoms with Gasteiger partial charge in [-0.2, -0.15) is 0 Å². The van der Waals surface area contributed by atoms with Crippen LogP contribution in [0.25, 0.3) is 0 Å². The van der Waals surface area contributed by atoms with Gasteiger partial charge in [0.15, 0.2) is 5.75 Å². The zero-order valence-corrected chi connectivity index (χ0v) is 14.5. The van der Waals surface area contributed by atoms with E-state index in [0.717, 1.165) is 6.07 Å². The van der Waals surface area contributed by atoms with Crippen LogP contribution in [0, 0.1) is 0 Å². The van der Waals surface area contributed by atoms with Crippen LogP contribution in [0.3, 0.4) is 0 Å². The summed E-state index contributed by atoms with van der Waals surface area (Å²) in [6, 6.07) is 6.85. The highest BCUT2D eigenvalue weighted by molar-refractivity contribution is 7.92. The Labute approximate surface area is 143 Å². The lowest BCUT2D eigenvalue weighted by Gasteiger charge is -2.13. The molecule has 0 bridgehead atoms. The Balaban J connectivity index is 2.47. The van der Waals surface area contributed by atoms with Gasteiger partial charge < -0.3 is 14.6 Å². The number of rotatable bonds is 5. The smallest absolute Gasteiger partial charge is 0.265 e. The number of phenolic OH excluding ortho intramolecular Hbond substituents is 1. The lowest BCUT2D eigenvalue weighted by Crippen LogP contribution is -2.13. The molecule has 0 amide bonds. The van der Waals surface area contributed by atoms with Crippen molar-refractivity contribution >= 4 is 38.9 Å². The number of halogens is 2. The van der Waals surface area contributed by atoms with Gasteiger partial charge in [-0.05, 0) is 12.1 Å². The lowest BCUT2D eigenvalue weighted by molar-refractivity contribution is 0.395. The van der Waals surface area contributed by atoms with Crippen molar-refractivity contribution in [1.82, 2.24) is 0 Å². The largest absolute Gasteiger partial charge is 0.505 e. The second-order valence-electron chi connectivity index (χ2n) is 4.44. The van der Waals surface area contributed by atoms with Crippen LogP contribution >= 0.6 is 23.2 Å². The standard InChI is InChI=1S/C14H13Cl2NO5S/c1-21-10-5-9(6-11(7-10)22-2)17-23(19,20)13-4-8(15)3-12(16)14(13)18/h3-7,17-18H,1-2H3. The van der Waals surface area contributed by atoms with Crippen molar-refractivity contribution in [3.63, 3.8) is 0 Å². The molecule has 0 unspecified atom stereocenters. The molecule has 0 saturated heterocycles. The molecular formula is C14H13Cl2NO5S. The van der Waals surface area contributed by atoms with Gasteiger partial charge in [-0.3, -0.25) is 4.72 Å². The van der Waals surface area contributed by atoms with Gasteiger partial charge in [-0.25, -0.2) is 8.42 Å². The minimum Gasteiger partial charge on any atom is -0.505 e. The molecule has 6 nitrogen and oxygen atoms in total. The van der Waals surface area contributed by atoms with Crippen LogP contribution in [-0.4, -0.2) is 27.7 Å². The number of hydrogen-bond donors (Lipinski definition) is 2. The maximum Gasteiger partial charge on any atom is 0.265 e. The van der Waals surface area contributed by atoms with Gasteiger partial charge in [0.05, 0.1) is 24.9 Å². The molecule has 2 aromatic rings. The highest BCUT2D eigenvalue weighted by atomic mass is 35.5. The summed E-state index contributed by atoms with van der Waals surface area (Å²) in [5.41, 5.74) is 0.191. The molecule has 0 aliphatic carbocycles. The highest BCUT2D eigenvalue weighted by Gasteiger charge is 2.22. The fraction of sp³-hybridized carbons (Fsp3) is 0.143. The summed E-state index contributed by atoms with van der Waals surface area (Å²) < 4.78 is 37.4. The molecule has 0 radical (unpaired) electrons. The number of nitrogens with one attached hydrogen (secondary N) is 1. The molecule has 0 heterocycles. The predicted octanol–water partition coefficient (Wildman–Crippen LogP) is 3.52. The molecular weight excluding hydrogens is 365 g/mol.